The predicted molar refractivity (Wildman–Crippen MR) is 73.7 cm³/mol. The van der Waals surface area contributed by atoms with E-state index in [1.54, 1.807) is 6.92 Å². The summed E-state index contributed by atoms with van der Waals surface area (Å²) in [5.41, 5.74) is 0.200. The molecule has 0 aliphatic heterocycles. The van der Waals surface area contributed by atoms with Crippen LogP contribution < -0.4 is 0 Å². The van der Waals surface area contributed by atoms with Gasteiger partial charge in [-0.1, -0.05) is 46.4 Å². The Morgan fingerprint density at radius 2 is 1.74 bits per heavy atom. The average molecular weight is 345 g/mol. The standard InChI is InChI=1S/C11H9Cl4NO3/c1-2-19-9(18)11(14,15)8(17)10(12,13)7-3-5-16-6-4-7/h3-6H,2H2,1H3. The molecule has 104 valence electrons. The molecule has 1 rings (SSSR count). The average Bonchev–Trinajstić information content (AvgIpc) is 2.39. The van der Waals surface area contributed by atoms with Crippen LogP contribution >= 0.6 is 46.4 Å². The quantitative estimate of drug-likeness (QED) is 0.468. The van der Waals surface area contributed by atoms with Gasteiger partial charge in [0.15, 0.2) is 0 Å². The highest BCUT2D eigenvalue weighted by molar-refractivity contribution is 6.73. The van der Waals surface area contributed by atoms with Crippen LogP contribution in [0.4, 0.5) is 0 Å². The number of esters is 1. The molecule has 0 aromatic carbocycles. The minimum Gasteiger partial charge on any atom is -0.463 e. The van der Waals surface area contributed by atoms with Gasteiger partial charge < -0.3 is 4.74 Å². The predicted octanol–water partition coefficient (Wildman–Crippen LogP) is 3.02. The highest BCUT2D eigenvalue weighted by atomic mass is 35.5. The molecule has 0 radical (unpaired) electrons. The summed E-state index contributed by atoms with van der Waals surface area (Å²) in [6.07, 6.45) is 2.77. The van der Waals surface area contributed by atoms with Crippen LogP contribution in [-0.4, -0.2) is 27.7 Å². The molecule has 0 aliphatic rings. The lowest BCUT2D eigenvalue weighted by Gasteiger charge is -2.25. The SMILES string of the molecule is CCOC(=O)C(Cl)(Cl)C(=O)C(Cl)(Cl)c1ccncc1. The molecule has 4 nitrogen and oxygen atoms in total. The fourth-order valence-corrected chi connectivity index (χ4v) is 2.33. The number of hydrogen-bond acceptors (Lipinski definition) is 4. The van der Waals surface area contributed by atoms with Crippen molar-refractivity contribution < 1.29 is 14.3 Å². The van der Waals surface area contributed by atoms with Crippen molar-refractivity contribution in [1.82, 2.24) is 4.98 Å². The summed E-state index contributed by atoms with van der Waals surface area (Å²) in [7, 11) is 0. The maximum absolute atomic E-state index is 12.2. The summed E-state index contributed by atoms with van der Waals surface area (Å²) >= 11 is 23.3. The summed E-state index contributed by atoms with van der Waals surface area (Å²) < 4.78 is 0.0381. The number of halogens is 4. The largest absolute Gasteiger partial charge is 0.463 e. The molecule has 0 N–H and O–H groups in total. The minimum atomic E-state index is -2.48. The summed E-state index contributed by atoms with van der Waals surface area (Å²) in [5.74, 6) is -2.22. The van der Waals surface area contributed by atoms with Gasteiger partial charge in [0.25, 0.3) is 4.33 Å². The van der Waals surface area contributed by atoms with Crippen molar-refractivity contribution in [1.29, 1.82) is 0 Å². The molecule has 1 aromatic heterocycles. The summed E-state index contributed by atoms with van der Waals surface area (Å²) in [6, 6.07) is 2.82. The first-order valence-electron chi connectivity index (χ1n) is 5.12. The topological polar surface area (TPSA) is 56.3 Å². The third-order valence-corrected chi connectivity index (χ3v) is 3.58. The molecular formula is C11H9Cl4NO3. The number of rotatable bonds is 5. The van der Waals surface area contributed by atoms with Gasteiger partial charge in [0, 0.05) is 12.4 Å². The third kappa shape index (κ3) is 3.51. The van der Waals surface area contributed by atoms with Gasteiger partial charge in [0.1, 0.15) is 0 Å². The zero-order valence-electron chi connectivity index (χ0n) is 9.70. The van der Waals surface area contributed by atoms with E-state index in [9.17, 15) is 9.59 Å². The molecule has 19 heavy (non-hydrogen) atoms. The van der Waals surface area contributed by atoms with E-state index in [4.69, 9.17) is 46.4 Å². The molecular weight excluding hydrogens is 336 g/mol. The lowest BCUT2D eigenvalue weighted by atomic mass is 10.1. The summed E-state index contributed by atoms with van der Waals surface area (Å²) in [6.45, 7) is 1.56. The normalized spacial score (nSPS) is 12.1. The highest BCUT2D eigenvalue weighted by Crippen LogP contribution is 2.42. The lowest BCUT2D eigenvalue weighted by molar-refractivity contribution is -0.146. The van der Waals surface area contributed by atoms with Crippen molar-refractivity contribution in [3.63, 3.8) is 0 Å². The molecule has 1 heterocycles. The minimum absolute atomic E-state index is 0.0140. The van der Waals surface area contributed by atoms with E-state index < -0.39 is 20.4 Å². The van der Waals surface area contributed by atoms with Crippen molar-refractivity contribution in [2.75, 3.05) is 6.61 Å². The maximum Gasteiger partial charge on any atom is 0.350 e. The van der Waals surface area contributed by atoms with Gasteiger partial charge in [-0.15, -0.1) is 0 Å². The van der Waals surface area contributed by atoms with E-state index >= 15 is 0 Å². The van der Waals surface area contributed by atoms with Gasteiger partial charge in [-0.05, 0) is 24.6 Å². The Hall–Kier alpha value is -0.550. The number of pyridine rings is 1. The molecule has 1 aromatic rings. The van der Waals surface area contributed by atoms with Crippen molar-refractivity contribution in [3.05, 3.63) is 30.1 Å². The van der Waals surface area contributed by atoms with Crippen LogP contribution in [0.1, 0.15) is 12.5 Å². The van der Waals surface area contributed by atoms with Crippen LogP contribution in [0, 0.1) is 0 Å². The van der Waals surface area contributed by atoms with E-state index in [0.29, 0.717) is 0 Å². The van der Waals surface area contributed by atoms with Crippen LogP contribution in [0.2, 0.25) is 0 Å². The van der Waals surface area contributed by atoms with Gasteiger partial charge in [0.2, 0.25) is 10.1 Å². The second-order valence-electron chi connectivity index (χ2n) is 3.43. The number of alkyl halides is 4. The van der Waals surface area contributed by atoms with Crippen molar-refractivity contribution in [2.24, 2.45) is 0 Å². The fourth-order valence-electron chi connectivity index (χ4n) is 1.20. The summed E-state index contributed by atoms with van der Waals surface area (Å²) in [4.78, 5) is 27.5. The number of ether oxygens (including phenoxy) is 1. The second-order valence-corrected chi connectivity index (χ2v) is 6.09. The molecule has 0 amide bonds. The fraction of sp³-hybridized carbons (Fsp3) is 0.364. The van der Waals surface area contributed by atoms with Gasteiger partial charge in [-0.2, -0.15) is 0 Å². The van der Waals surface area contributed by atoms with Crippen molar-refractivity contribution in [3.8, 4) is 0 Å². The smallest absolute Gasteiger partial charge is 0.350 e. The van der Waals surface area contributed by atoms with E-state index in [2.05, 4.69) is 9.72 Å². The van der Waals surface area contributed by atoms with E-state index in [1.807, 2.05) is 0 Å². The maximum atomic E-state index is 12.2. The Bertz CT molecular complexity index is 476. The van der Waals surface area contributed by atoms with E-state index in [-0.39, 0.29) is 12.2 Å². The molecule has 8 heteroatoms. The highest BCUT2D eigenvalue weighted by Gasteiger charge is 2.53. The molecule has 0 atom stereocenters. The Labute approximate surface area is 129 Å². The molecule has 0 fully saturated rings. The van der Waals surface area contributed by atoms with Crippen LogP contribution in [0.3, 0.4) is 0 Å². The number of Topliss-reactive ketones (excluding diaryl/α,β-unsaturated/α-hetero) is 1. The Morgan fingerprint density at radius 3 is 2.21 bits per heavy atom. The molecule has 0 aliphatic carbocycles. The molecule has 0 saturated carbocycles. The van der Waals surface area contributed by atoms with Gasteiger partial charge >= 0.3 is 5.97 Å². The first-order chi connectivity index (χ1) is 8.74. The van der Waals surface area contributed by atoms with Crippen LogP contribution in [-0.2, 0) is 18.7 Å². The number of aromatic nitrogens is 1. The first kappa shape index (κ1) is 16.5. The van der Waals surface area contributed by atoms with Crippen LogP contribution in [0.5, 0.6) is 0 Å². The van der Waals surface area contributed by atoms with E-state index in [1.165, 1.54) is 24.5 Å². The second kappa shape index (κ2) is 6.27. The van der Waals surface area contributed by atoms with Crippen molar-refractivity contribution >= 4 is 58.2 Å². The van der Waals surface area contributed by atoms with Gasteiger partial charge in [0.05, 0.1) is 6.61 Å². The molecule has 0 spiro atoms. The van der Waals surface area contributed by atoms with E-state index in [0.717, 1.165) is 0 Å². The molecule has 0 bridgehead atoms. The zero-order valence-corrected chi connectivity index (χ0v) is 12.7. The molecule has 0 saturated heterocycles. The first-order valence-corrected chi connectivity index (χ1v) is 6.64. The number of ketones is 1. The molecule has 0 unspecified atom stereocenters. The van der Waals surface area contributed by atoms with Gasteiger partial charge in [-0.25, -0.2) is 4.79 Å². The number of nitrogens with zero attached hydrogens (tertiary/aromatic N) is 1. The Morgan fingerprint density at radius 1 is 1.21 bits per heavy atom. The number of hydrogen-bond donors (Lipinski definition) is 0. The number of carbonyl (C=O) groups is 2. The third-order valence-electron chi connectivity index (χ3n) is 2.15. The summed E-state index contributed by atoms with van der Waals surface area (Å²) in [5, 5.41) is 0. The zero-order chi connectivity index (χ0) is 14.7. The lowest BCUT2D eigenvalue weighted by Crippen LogP contribution is -2.44. The van der Waals surface area contributed by atoms with Crippen molar-refractivity contribution in [2.45, 2.75) is 15.6 Å². The Kier molecular flexibility index (Phi) is 5.44. The Balaban J connectivity index is 3.08. The monoisotopic (exact) mass is 343 g/mol. The number of carbonyl (C=O) groups excluding carboxylic acids is 2. The van der Waals surface area contributed by atoms with Crippen LogP contribution in [0.25, 0.3) is 0 Å². The van der Waals surface area contributed by atoms with Gasteiger partial charge in [-0.3, -0.25) is 9.78 Å². The van der Waals surface area contributed by atoms with Crippen LogP contribution in [0.15, 0.2) is 24.5 Å².